The minimum Gasteiger partial charge on any atom is -0.346 e. The smallest absolute Gasteiger partial charge is 0.185 e. The molecule has 0 saturated heterocycles. The first kappa shape index (κ1) is 14.0. The van der Waals surface area contributed by atoms with Crippen LogP contribution in [-0.2, 0) is 13.0 Å². The van der Waals surface area contributed by atoms with Gasteiger partial charge in [-0.05, 0) is 37.3 Å². The first-order chi connectivity index (χ1) is 9.78. The van der Waals surface area contributed by atoms with E-state index in [0.717, 1.165) is 24.6 Å². The van der Waals surface area contributed by atoms with Gasteiger partial charge in [0.25, 0.3) is 0 Å². The van der Waals surface area contributed by atoms with Gasteiger partial charge in [-0.2, -0.15) is 0 Å². The van der Waals surface area contributed by atoms with Gasteiger partial charge in [0, 0.05) is 22.8 Å². The fourth-order valence-corrected chi connectivity index (χ4v) is 4.65. The van der Waals surface area contributed by atoms with E-state index in [-0.39, 0.29) is 0 Å². The van der Waals surface area contributed by atoms with Gasteiger partial charge in [-0.25, -0.2) is 4.98 Å². The summed E-state index contributed by atoms with van der Waals surface area (Å²) in [6, 6.07) is 4.82. The van der Waals surface area contributed by atoms with Crippen LogP contribution in [0.25, 0.3) is 0 Å². The Kier molecular flexibility index (Phi) is 4.38. The van der Waals surface area contributed by atoms with Gasteiger partial charge in [-0.15, -0.1) is 11.3 Å². The highest BCUT2D eigenvalue weighted by molar-refractivity contribution is 7.15. The van der Waals surface area contributed by atoms with Gasteiger partial charge >= 0.3 is 0 Å². The summed E-state index contributed by atoms with van der Waals surface area (Å²) in [5, 5.41) is 6.89. The molecule has 20 heavy (non-hydrogen) atoms. The van der Waals surface area contributed by atoms with Crippen LogP contribution in [0.2, 0.25) is 0 Å². The Labute approximate surface area is 128 Å². The van der Waals surface area contributed by atoms with Gasteiger partial charge in [0.15, 0.2) is 5.13 Å². The number of thiophene rings is 1. The van der Waals surface area contributed by atoms with Crippen LogP contribution in [0.3, 0.4) is 0 Å². The molecule has 3 nitrogen and oxygen atoms in total. The van der Waals surface area contributed by atoms with Gasteiger partial charge in [0.2, 0.25) is 0 Å². The van der Waals surface area contributed by atoms with Crippen LogP contribution in [0.4, 0.5) is 5.13 Å². The largest absolute Gasteiger partial charge is 0.346 e. The lowest BCUT2D eigenvalue weighted by Gasteiger charge is -2.21. The Bertz CT molecular complexity index is 547. The van der Waals surface area contributed by atoms with Crippen molar-refractivity contribution in [3.8, 4) is 0 Å². The van der Waals surface area contributed by atoms with Crippen molar-refractivity contribution in [2.45, 2.75) is 38.8 Å². The molecule has 2 aromatic rings. The van der Waals surface area contributed by atoms with Gasteiger partial charge in [0.05, 0.1) is 12.2 Å². The van der Waals surface area contributed by atoms with Crippen molar-refractivity contribution < 1.29 is 0 Å². The van der Waals surface area contributed by atoms with Crippen molar-refractivity contribution in [2.75, 3.05) is 18.5 Å². The second-order valence-corrected chi connectivity index (χ2v) is 7.29. The third-order valence-corrected chi connectivity index (χ3v) is 5.88. The molecule has 2 aromatic heterocycles. The molecule has 1 aliphatic rings. The van der Waals surface area contributed by atoms with Crippen LogP contribution in [0.5, 0.6) is 0 Å². The van der Waals surface area contributed by atoms with Gasteiger partial charge in [-0.1, -0.05) is 24.3 Å². The second kappa shape index (κ2) is 6.24. The number of aryl methyl sites for hydroxylation is 1. The summed E-state index contributed by atoms with van der Waals surface area (Å²) in [6.07, 6.45) is 3.64. The molecule has 1 N–H and O–H groups in total. The third-order valence-electron chi connectivity index (χ3n) is 3.69. The topological polar surface area (TPSA) is 28.2 Å². The number of nitrogens with zero attached hydrogens (tertiary/aromatic N) is 2. The molecule has 1 unspecified atom stereocenters. The van der Waals surface area contributed by atoms with Crippen molar-refractivity contribution in [1.82, 2.24) is 10.3 Å². The van der Waals surface area contributed by atoms with E-state index in [1.807, 2.05) is 22.7 Å². The van der Waals surface area contributed by atoms with Crippen molar-refractivity contribution in [3.63, 3.8) is 0 Å². The SMILES string of the molecule is CCNC1CCCc2nc(N(C)Cc3cccs3)sc21. The standard InChI is InChI=1S/C15H21N3S2/c1-3-16-12-7-4-8-13-14(12)20-15(17-13)18(2)10-11-6-5-9-19-11/h5-6,9,12,16H,3-4,7-8,10H2,1-2H3. The van der Waals surface area contributed by atoms with Gasteiger partial charge in [0.1, 0.15) is 0 Å². The molecule has 0 bridgehead atoms. The first-order valence-electron chi connectivity index (χ1n) is 7.24. The highest BCUT2D eigenvalue weighted by Gasteiger charge is 2.24. The maximum atomic E-state index is 4.87. The molecular weight excluding hydrogens is 286 g/mol. The van der Waals surface area contributed by atoms with Crippen LogP contribution in [0, 0.1) is 0 Å². The average molecular weight is 307 g/mol. The molecule has 1 aliphatic carbocycles. The average Bonchev–Trinajstić information content (AvgIpc) is 3.08. The fourth-order valence-electron chi connectivity index (χ4n) is 2.72. The van der Waals surface area contributed by atoms with E-state index in [0.29, 0.717) is 6.04 Å². The molecule has 108 valence electrons. The molecule has 0 radical (unpaired) electrons. The Balaban J connectivity index is 1.78. The maximum Gasteiger partial charge on any atom is 0.185 e. The van der Waals surface area contributed by atoms with E-state index in [1.54, 1.807) is 0 Å². The third kappa shape index (κ3) is 2.90. The number of fused-ring (bicyclic) bond motifs is 1. The number of hydrogen-bond acceptors (Lipinski definition) is 5. The van der Waals surface area contributed by atoms with E-state index in [2.05, 4.69) is 41.7 Å². The van der Waals surface area contributed by atoms with Crippen LogP contribution >= 0.6 is 22.7 Å². The van der Waals surface area contributed by atoms with Crippen molar-refractivity contribution >= 4 is 27.8 Å². The van der Waals surface area contributed by atoms with E-state index in [9.17, 15) is 0 Å². The minimum absolute atomic E-state index is 0.519. The van der Waals surface area contributed by atoms with Crippen LogP contribution in [0.1, 0.15) is 41.3 Å². The van der Waals surface area contributed by atoms with Crippen LogP contribution < -0.4 is 10.2 Å². The normalized spacial score (nSPS) is 18.0. The number of rotatable bonds is 5. The van der Waals surface area contributed by atoms with E-state index < -0.39 is 0 Å². The van der Waals surface area contributed by atoms with Crippen LogP contribution in [0.15, 0.2) is 17.5 Å². The number of aromatic nitrogens is 1. The summed E-state index contributed by atoms with van der Waals surface area (Å²) < 4.78 is 0. The molecule has 2 heterocycles. The van der Waals surface area contributed by atoms with E-state index >= 15 is 0 Å². The number of hydrogen-bond donors (Lipinski definition) is 1. The van der Waals surface area contributed by atoms with E-state index in [4.69, 9.17) is 4.98 Å². The lowest BCUT2D eigenvalue weighted by molar-refractivity contribution is 0.476. The molecule has 0 fully saturated rings. The summed E-state index contributed by atoms with van der Waals surface area (Å²) in [5.41, 5.74) is 1.32. The summed E-state index contributed by atoms with van der Waals surface area (Å²) in [7, 11) is 2.15. The molecule has 0 saturated carbocycles. The molecular formula is C15H21N3S2. The fraction of sp³-hybridized carbons (Fsp3) is 0.533. The zero-order chi connectivity index (χ0) is 13.9. The molecule has 3 rings (SSSR count). The molecule has 0 spiro atoms. The maximum absolute atomic E-state index is 4.87. The minimum atomic E-state index is 0.519. The van der Waals surface area contributed by atoms with E-state index in [1.165, 1.54) is 28.3 Å². The molecule has 1 atom stereocenters. The second-order valence-electron chi connectivity index (χ2n) is 5.25. The van der Waals surface area contributed by atoms with Crippen molar-refractivity contribution in [1.29, 1.82) is 0 Å². The highest BCUT2D eigenvalue weighted by atomic mass is 32.1. The lowest BCUT2D eigenvalue weighted by Crippen LogP contribution is -2.23. The highest BCUT2D eigenvalue weighted by Crippen LogP contribution is 2.37. The Morgan fingerprint density at radius 3 is 3.15 bits per heavy atom. The Hall–Kier alpha value is -0.910. The van der Waals surface area contributed by atoms with Crippen molar-refractivity contribution in [3.05, 3.63) is 33.0 Å². The first-order valence-corrected chi connectivity index (χ1v) is 8.94. The number of nitrogens with one attached hydrogen (secondary N) is 1. The summed E-state index contributed by atoms with van der Waals surface area (Å²) in [4.78, 5) is 10.0. The predicted molar refractivity (Wildman–Crippen MR) is 87.9 cm³/mol. The molecule has 0 amide bonds. The summed E-state index contributed by atoms with van der Waals surface area (Å²) >= 11 is 3.68. The summed E-state index contributed by atoms with van der Waals surface area (Å²) in [5.74, 6) is 0. The Morgan fingerprint density at radius 2 is 2.40 bits per heavy atom. The monoisotopic (exact) mass is 307 g/mol. The zero-order valence-electron chi connectivity index (χ0n) is 12.1. The number of anilines is 1. The molecule has 0 aromatic carbocycles. The summed E-state index contributed by atoms with van der Waals surface area (Å²) in [6.45, 7) is 4.16. The lowest BCUT2D eigenvalue weighted by atomic mass is 9.98. The van der Waals surface area contributed by atoms with Crippen molar-refractivity contribution in [2.24, 2.45) is 0 Å². The zero-order valence-corrected chi connectivity index (χ0v) is 13.7. The number of thiazole rings is 1. The van der Waals surface area contributed by atoms with Gasteiger partial charge < -0.3 is 10.2 Å². The quantitative estimate of drug-likeness (QED) is 0.910. The predicted octanol–water partition coefficient (Wildman–Crippen LogP) is 3.83. The molecule has 0 aliphatic heterocycles. The molecule has 5 heteroatoms. The Morgan fingerprint density at radius 1 is 1.50 bits per heavy atom. The van der Waals surface area contributed by atoms with Crippen LogP contribution in [-0.4, -0.2) is 18.6 Å². The van der Waals surface area contributed by atoms with Gasteiger partial charge in [-0.3, -0.25) is 0 Å².